The van der Waals surface area contributed by atoms with Gasteiger partial charge in [-0.3, -0.25) is 4.79 Å². The molecule has 28 heavy (non-hydrogen) atoms. The average Bonchev–Trinajstić information content (AvgIpc) is 3.34. The first-order valence-electron chi connectivity index (χ1n) is 8.96. The van der Waals surface area contributed by atoms with Crippen LogP contribution in [0.4, 0.5) is 5.82 Å². The van der Waals surface area contributed by atoms with Gasteiger partial charge in [0.25, 0.3) is 5.91 Å². The number of rotatable bonds is 6. The molecule has 0 aliphatic rings. The predicted octanol–water partition coefficient (Wildman–Crippen LogP) is 4.44. The standard InChI is InChI=1S/C21H20N4O2S/c1-13-6-3-4-7-15(13)10-23-20(26)18-14(2)17-19(24-12-25-21(17)28-18)22-11-16-8-5-9-27-16/h3-9,12H,10-11H2,1-2H3,(H,23,26)(H,22,24,25). The Kier molecular flexibility index (Phi) is 5.08. The van der Waals surface area contributed by atoms with Crippen molar-refractivity contribution in [3.05, 3.63) is 76.3 Å². The van der Waals surface area contributed by atoms with Gasteiger partial charge in [-0.25, -0.2) is 9.97 Å². The van der Waals surface area contributed by atoms with E-state index in [1.807, 2.05) is 50.2 Å². The molecule has 6 nitrogen and oxygen atoms in total. The second kappa shape index (κ2) is 7.82. The molecule has 1 aromatic carbocycles. The molecule has 142 valence electrons. The van der Waals surface area contributed by atoms with Crippen LogP contribution in [0, 0.1) is 13.8 Å². The molecule has 2 N–H and O–H groups in total. The summed E-state index contributed by atoms with van der Waals surface area (Å²) in [5.41, 5.74) is 3.14. The van der Waals surface area contributed by atoms with Crippen LogP contribution in [0.1, 0.15) is 32.1 Å². The topological polar surface area (TPSA) is 80.0 Å². The van der Waals surface area contributed by atoms with Gasteiger partial charge in [-0.15, -0.1) is 11.3 Å². The van der Waals surface area contributed by atoms with Gasteiger partial charge in [0.1, 0.15) is 22.7 Å². The van der Waals surface area contributed by atoms with Gasteiger partial charge in [0.2, 0.25) is 0 Å². The van der Waals surface area contributed by atoms with Crippen LogP contribution in [0.3, 0.4) is 0 Å². The van der Waals surface area contributed by atoms with E-state index in [-0.39, 0.29) is 5.91 Å². The number of benzene rings is 1. The SMILES string of the molecule is Cc1ccccc1CNC(=O)c1sc2ncnc(NCc3ccco3)c2c1C. The van der Waals surface area contributed by atoms with Gasteiger partial charge in [0.15, 0.2) is 0 Å². The highest BCUT2D eigenvalue weighted by molar-refractivity contribution is 7.20. The number of fused-ring (bicyclic) bond motifs is 1. The Hall–Kier alpha value is -3.19. The first-order chi connectivity index (χ1) is 13.6. The number of aromatic nitrogens is 2. The number of nitrogens with zero attached hydrogens (tertiary/aromatic N) is 2. The van der Waals surface area contributed by atoms with Crippen molar-refractivity contribution in [2.45, 2.75) is 26.9 Å². The second-order valence-electron chi connectivity index (χ2n) is 6.50. The number of anilines is 1. The molecular formula is C21H20N4O2S. The number of aryl methyl sites for hydroxylation is 2. The fourth-order valence-corrected chi connectivity index (χ4v) is 4.14. The molecule has 0 bridgehead atoms. The second-order valence-corrected chi connectivity index (χ2v) is 7.50. The lowest BCUT2D eigenvalue weighted by Gasteiger charge is -2.08. The Balaban J connectivity index is 1.56. The Morgan fingerprint density at radius 3 is 2.75 bits per heavy atom. The fraction of sp³-hybridized carbons (Fsp3) is 0.190. The summed E-state index contributed by atoms with van der Waals surface area (Å²) in [6.45, 7) is 4.99. The minimum absolute atomic E-state index is 0.0965. The van der Waals surface area contributed by atoms with Gasteiger partial charge in [-0.1, -0.05) is 24.3 Å². The maximum absolute atomic E-state index is 12.8. The van der Waals surface area contributed by atoms with E-state index in [1.54, 1.807) is 6.26 Å². The molecule has 1 amide bonds. The number of nitrogens with one attached hydrogen (secondary N) is 2. The maximum atomic E-state index is 12.8. The highest BCUT2D eigenvalue weighted by Crippen LogP contribution is 2.33. The monoisotopic (exact) mass is 392 g/mol. The van der Waals surface area contributed by atoms with Gasteiger partial charge >= 0.3 is 0 Å². The number of hydrogen-bond donors (Lipinski definition) is 2. The molecule has 0 saturated heterocycles. The van der Waals surface area contributed by atoms with Crippen LogP contribution < -0.4 is 10.6 Å². The van der Waals surface area contributed by atoms with Crippen molar-refractivity contribution < 1.29 is 9.21 Å². The van der Waals surface area contributed by atoms with Gasteiger partial charge in [0.05, 0.1) is 23.1 Å². The summed E-state index contributed by atoms with van der Waals surface area (Å²) in [5, 5.41) is 7.17. The van der Waals surface area contributed by atoms with Crippen molar-refractivity contribution >= 4 is 33.3 Å². The zero-order chi connectivity index (χ0) is 19.5. The lowest BCUT2D eigenvalue weighted by Crippen LogP contribution is -2.22. The molecule has 4 aromatic rings. The van der Waals surface area contributed by atoms with Crippen LogP contribution in [0.25, 0.3) is 10.2 Å². The largest absolute Gasteiger partial charge is 0.467 e. The van der Waals surface area contributed by atoms with E-state index in [1.165, 1.54) is 17.7 Å². The number of hydrogen-bond acceptors (Lipinski definition) is 6. The average molecular weight is 392 g/mol. The van der Waals surface area contributed by atoms with E-state index >= 15 is 0 Å². The summed E-state index contributed by atoms with van der Waals surface area (Å²) in [7, 11) is 0. The molecule has 0 fully saturated rings. The van der Waals surface area contributed by atoms with E-state index in [0.29, 0.717) is 23.8 Å². The Morgan fingerprint density at radius 2 is 1.96 bits per heavy atom. The molecular weight excluding hydrogens is 372 g/mol. The summed E-state index contributed by atoms with van der Waals surface area (Å²) >= 11 is 1.38. The van der Waals surface area contributed by atoms with Gasteiger partial charge in [0, 0.05) is 6.54 Å². The third-order valence-electron chi connectivity index (χ3n) is 4.64. The normalized spacial score (nSPS) is 10.9. The number of carbonyl (C=O) groups excluding carboxylic acids is 1. The van der Waals surface area contributed by atoms with E-state index in [4.69, 9.17) is 4.42 Å². The number of furan rings is 1. The van der Waals surface area contributed by atoms with Crippen molar-refractivity contribution in [2.24, 2.45) is 0 Å². The van der Waals surface area contributed by atoms with E-state index in [0.717, 1.165) is 32.7 Å². The molecule has 0 aliphatic carbocycles. The van der Waals surface area contributed by atoms with Crippen LogP contribution in [-0.4, -0.2) is 15.9 Å². The Morgan fingerprint density at radius 1 is 1.11 bits per heavy atom. The highest BCUT2D eigenvalue weighted by Gasteiger charge is 2.19. The lowest BCUT2D eigenvalue weighted by atomic mass is 10.1. The van der Waals surface area contributed by atoms with Crippen LogP contribution in [0.15, 0.2) is 53.4 Å². The number of amides is 1. The molecule has 0 spiro atoms. The van der Waals surface area contributed by atoms with Crippen LogP contribution in [0.5, 0.6) is 0 Å². The van der Waals surface area contributed by atoms with Crippen LogP contribution >= 0.6 is 11.3 Å². The molecule has 0 saturated carbocycles. The minimum Gasteiger partial charge on any atom is -0.467 e. The molecule has 4 rings (SSSR count). The van der Waals surface area contributed by atoms with Crippen LogP contribution in [-0.2, 0) is 13.1 Å². The summed E-state index contributed by atoms with van der Waals surface area (Å²) in [6.07, 6.45) is 3.15. The Bertz CT molecular complexity index is 1120. The molecule has 0 atom stereocenters. The van der Waals surface area contributed by atoms with Gasteiger partial charge < -0.3 is 15.1 Å². The predicted molar refractivity (Wildman–Crippen MR) is 111 cm³/mol. The molecule has 0 aliphatic heterocycles. The van der Waals surface area contributed by atoms with Crippen LogP contribution in [0.2, 0.25) is 0 Å². The summed E-state index contributed by atoms with van der Waals surface area (Å²) in [5.74, 6) is 1.42. The van der Waals surface area contributed by atoms with Crippen molar-refractivity contribution in [1.29, 1.82) is 0 Å². The number of thiophene rings is 1. The lowest BCUT2D eigenvalue weighted by molar-refractivity contribution is 0.0954. The van der Waals surface area contributed by atoms with Crippen molar-refractivity contribution in [1.82, 2.24) is 15.3 Å². The summed E-state index contributed by atoms with van der Waals surface area (Å²) in [4.78, 5) is 22.9. The molecule has 3 aromatic heterocycles. The maximum Gasteiger partial charge on any atom is 0.261 e. The first kappa shape index (κ1) is 18.2. The van der Waals surface area contributed by atoms with Crippen molar-refractivity contribution in [3.8, 4) is 0 Å². The van der Waals surface area contributed by atoms with Gasteiger partial charge in [-0.2, -0.15) is 0 Å². The van der Waals surface area contributed by atoms with E-state index in [2.05, 4.69) is 20.6 Å². The zero-order valence-electron chi connectivity index (χ0n) is 15.7. The zero-order valence-corrected chi connectivity index (χ0v) is 16.5. The summed E-state index contributed by atoms with van der Waals surface area (Å²) < 4.78 is 5.36. The molecule has 3 heterocycles. The third-order valence-corrected chi connectivity index (χ3v) is 5.84. The highest BCUT2D eigenvalue weighted by atomic mass is 32.1. The summed E-state index contributed by atoms with van der Waals surface area (Å²) in [6, 6.07) is 11.8. The Labute approximate surface area is 166 Å². The van der Waals surface area contributed by atoms with E-state index < -0.39 is 0 Å². The minimum atomic E-state index is -0.0965. The fourth-order valence-electron chi connectivity index (χ4n) is 3.07. The van der Waals surface area contributed by atoms with E-state index in [9.17, 15) is 4.79 Å². The van der Waals surface area contributed by atoms with Gasteiger partial charge in [-0.05, 0) is 42.7 Å². The third kappa shape index (κ3) is 3.61. The molecule has 0 unspecified atom stereocenters. The first-order valence-corrected chi connectivity index (χ1v) is 9.78. The van der Waals surface area contributed by atoms with Crippen molar-refractivity contribution in [2.75, 3.05) is 5.32 Å². The van der Waals surface area contributed by atoms with Crippen molar-refractivity contribution in [3.63, 3.8) is 0 Å². The quantitative estimate of drug-likeness (QED) is 0.507. The smallest absolute Gasteiger partial charge is 0.261 e. The molecule has 0 radical (unpaired) electrons. The molecule has 7 heteroatoms. The number of carbonyl (C=O) groups is 1.